The molecular formula is C70H90N18O8. The third kappa shape index (κ3) is 18.9. The molecule has 26 nitrogen and oxygen atoms in total. The molecule has 6 saturated heterocycles. The van der Waals surface area contributed by atoms with Crippen LogP contribution in [0, 0.1) is 69.5 Å². The van der Waals surface area contributed by atoms with Crippen LogP contribution in [0.2, 0.25) is 0 Å². The molecule has 12 rings (SSSR count). The summed E-state index contributed by atoms with van der Waals surface area (Å²) in [6, 6.07) is 18.1. The monoisotopic (exact) mass is 1310 g/mol. The van der Waals surface area contributed by atoms with Gasteiger partial charge in [0.25, 0.3) is 0 Å². The Balaban J connectivity index is 0.000000157. The molecule has 3 aromatic heterocycles. The summed E-state index contributed by atoms with van der Waals surface area (Å²) < 4.78 is 10.5. The second-order valence-electron chi connectivity index (χ2n) is 28.6. The molecule has 0 aliphatic carbocycles. The summed E-state index contributed by atoms with van der Waals surface area (Å²) in [6.45, 7) is 26.4. The lowest BCUT2D eigenvalue weighted by Crippen LogP contribution is -2.54. The molecule has 26 heteroatoms. The van der Waals surface area contributed by atoms with Crippen LogP contribution >= 0.6 is 0 Å². The molecule has 0 bridgehead atoms. The highest BCUT2D eigenvalue weighted by Gasteiger charge is 2.38. The van der Waals surface area contributed by atoms with Gasteiger partial charge in [-0.15, -0.1) is 0 Å². The van der Waals surface area contributed by atoms with E-state index in [2.05, 4.69) is 99.5 Å². The number of benzene rings is 3. The predicted octanol–water partition coefficient (Wildman–Crippen LogP) is 7.53. The van der Waals surface area contributed by atoms with Crippen molar-refractivity contribution in [1.82, 2.24) is 55.7 Å². The largest absolute Gasteiger partial charge is 0.481 e. The van der Waals surface area contributed by atoms with Gasteiger partial charge in [-0.05, 0) is 134 Å². The number of carbonyl (C=O) groups excluding carboxylic acids is 4. The van der Waals surface area contributed by atoms with Crippen LogP contribution in [0.15, 0.2) is 73.6 Å². The molecule has 3 aromatic carbocycles. The van der Waals surface area contributed by atoms with Gasteiger partial charge in [-0.2, -0.15) is 15.8 Å². The predicted molar refractivity (Wildman–Crippen MR) is 363 cm³/mol. The fourth-order valence-electron chi connectivity index (χ4n) is 13.3. The minimum absolute atomic E-state index is 0.0115. The molecule has 6 aliphatic heterocycles. The Bertz CT molecular complexity index is 3890. The Morgan fingerprint density at radius 1 is 0.500 bits per heavy atom. The molecule has 9 heterocycles. The number of nitrogens with zero attached hydrogens (tertiary/aromatic N) is 14. The van der Waals surface area contributed by atoms with Gasteiger partial charge in [0.15, 0.2) is 0 Å². The molecule has 6 atom stereocenters. The zero-order valence-electron chi connectivity index (χ0n) is 56.5. The van der Waals surface area contributed by atoms with E-state index in [0.29, 0.717) is 108 Å². The first-order valence-electron chi connectivity index (χ1n) is 33.1. The Morgan fingerprint density at radius 3 is 1.16 bits per heavy atom. The van der Waals surface area contributed by atoms with Crippen molar-refractivity contribution in [3.63, 3.8) is 0 Å². The van der Waals surface area contributed by atoms with E-state index in [4.69, 9.17) is 25.6 Å². The number of amides is 4. The van der Waals surface area contributed by atoms with Crippen molar-refractivity contribution in [3.05, 3.63) is 90.3 Å². The van der Waals surface area contributed by atoms with E-state index in [1.807, 2.05) is 51.1 Å². The van der Waals surface area contributed by atoms with Crippen molar-refractivity contribution < 1.29 is 38.6 Å². The van der Waals surface area contributed by atoms with Crippen LogP contribution in [-0.4, -0.2) is 183 Å². The van der Waals surface area contributed by atoms with Crippen molar-refractivity contribution in [2.45, 2.75) is 130 Å². The highest BCUT2D eigenvalue weighted by Crippen LogP contribution is 2.34. The molecule has 0 unspecified atom stereocenters. The molecule has 96 heavy (non-hydrogen) atoms. The highest BCUT2D eigenvalue weighted by molar-refractivity contribution is 5.94. The molecule has 0 spiro atoms. The third-order valence-electron chi connectivity index (χ3n) is 17.4. The van der Waals surface area contributed by atoms with Crippen LogP contribution in [0.1, 0.15) is 118 Å². The summed E-state index contributed by atoms with van der Waals surface area (Å²) in [5, 5.41) is 46.1. The number of anilines is 3. The molecule has 6 aromatic rings. The van der Waals surface area contributed by atoms with Crippen molar-refractivity contribution in [2.24, 2.45) is 41.2 Å². The smallest absolute Gasteiger partial charge is 0.410 e. The lowest BCUT2D eigenvalue weighted by molar-refractivity contribution is -0.139. The fourth-order valence-corrected chi connectivity index (χ4v) is 13.3. The van der Waals surface area contributed by atoms with Gasteiger partial charge < -0.3 is 60.8 Å². The average molecular weight is 1310 g/mol. The van der Waals surface area contributed by atoms with E-state index in [-0.39, 0.29) is 60.4 Å². The lowest BCUT2D eigenvalue weighted by Gasteiger charge is -2.40. The zero-order valence-corrected chi connectivity index (χ0v) is 56.5. The quantitative estimate of drug-likeness (QED) is 0.0836. The number of nitrogens with two attached hydrogens (primary N) is 1. The Hall–Kier alpha value is -9.58. The van der Waals surface area contributed by atoms with Crippen LogP contribution in [-0.2, 0) is 23.9 Å². The molecule has 508 valence electrons. The van der Waals surface area contributed by atoms with Gasteiger partial charge in [0.2, 0.25) is 11.8 Å². The van der Waals surface area contributed by atoms with Crippen molar-refractivity contribution in [3.8, 4) is 18.2 Å². The van der Waals surface area contributed by atoms with E-state index in [1.165, 1.54) is 4.90 Å². The Morgan fingerprint density at radius 2 is 0.833 bits per heavy atom. The summed E-state index contributed by atoms with van der Waals surface area (Å²) in [4.78, 5) is 95.3. The number of nitrogens with one attached hydrogen (secondary N) is 3. The Labute approximate surface area is 560 Å². The van der Waals surface area contributed by atoms with Gasteiger partial charge >= 0.3 is 18.2 Å². The van der Waals surface area contributed by atoms with Crippen LogP contribution in [0.3, 0.4) is 0 Å². The topological polar surface area (TPSA) is 351 Å². The first kappa shape index (κ1) is 70.7. The van der Waals surface area contributed by atoms with Gasteiger partial charge in [0.1, 0.15) is 62.5 Å². The third-order valence-corrected chi connectivity index (χ3v) is 17.4. The normalized spacial score (nSPS) is 21.3. The van der Waals surface area contributed by atoms with Crippen LogP contribution in [0.5, 0.6) is 0 Å². The molecule has 0 radical (unpaired) electrons. The minimum Gasteiger partial charge on any atom is -0.481 e. The number of carbonyl (C=O) groups is 5. The molecule has 6 aliphatic rings. The molecular weight excluding hydrogens is 1220 g/mol. The van der Waals surface area contributed by atoms with Crippen molar-refractivity contribution >= 4 is 80.1 Å². The number of ether oxygens (including phenoxy) is 2. The van der Waals surface area contributed by atoms with Crippen LogP contribution in [0.25, 0.3) is 33.1 Å². The van der Waals surface area contributed by atoms with Gasteiger partial charge in [0, 0.05) is 145 Å². The van der Waals surface area contributed by atoms with Gasteiger partial charge in [-0.1, -0.05) is 20.8 Å². The average Bonchev–Trinajstić information content (AvgIpc) is 0.801. The van der Waals surface area contributed by atoms with Gasteiger partial charge in [0.05, 0.1) is 40.2 Å². The standard InChI is InChI=1S/C25H32N6O3.C20H24N6O.C15H17N5.C10H17NO4/c1-16-9-19(29-21(32)10-17-13-31(14-17)24(33)34-25(2,3)4)15-30(12-16)20-6-5-18(11-26)22-23(20)28-8-7-27-22;1-13-6-16(25-18(27)7-14-9-22-10-14)12-26(11-13)17-3-2-15(8-21)19-20(17)24-5-4-23-19;1-10-6-12(17)9-20(8-10)13-3-2-11(7-16)14-15(13)19-5-4-18-14;1-10(2,3)15-9(14)11-5-7(6-11)4-8(12)13/h5-8,16-17,19H,9-10,12-15H2,1-4H3,(H,29,32);2-5,13-14,16,22H,6-7,9-12H2,1H3,(H,25,27);2-5,10,12H,6,8-9,17H2,1H3;7H,4-6H2,1-3H3,(H,12,13)/t16-,19+;13-,16+;10-,12+;/m000./s1. The van der Waals surface area contributed by atoms with Crippen molar-refractivity contribution in [2.75, 3.05) is 93.2 Å². The Kier molecular flexibility index (Phi) is 23.1. The number of rotatable bonds is 11. The maximum absolute atomic E-state index is 12.7. The van der Waals surface area contributed by atoms with Crippen molar-refractivity contribution in [1.29, 1.82) is 15.8 Å². The van der Waals surface area contributed by atoms with Gasteiger partial charge in [-0.3, -0.25) is 44.3 Å². The summed E-state index contributed by atoms with van der Waals surface area (Å²) in [5.41, 5.74) is 13.8. The molecule has 0 saturated carbocycles. The summed E-state index contributed by atoms with van der Waals surface area (Å²) in [6.07, 6.45) is 13.2. The molecule has 6 N–H and O–H groups in total. The van der Waals surface area contributed by atoms with E-state index in [9.17, 15) is 34.5 Å². The van der Waals surface area contributed by atoms with E-state index in [1.54, 1.807) is 68.9 Å². The van der Waals surface area contributed by atoms with Gasteiger partial charge in [-0.25, -0.2) is 9.59 Å². The number of carboxylic acids is 1. The highest BCUT2D eigenvalue weighted by atomic mass is 16.6. The molecule has 6 fully saturated rings. The number of likely N-dealkylation sites (tertiary alicyclic amines) is 2. The van der Waals surface area contributed by atoms with E-state index in [0.717, 1.165) is 93.2 Å². The number of aliphatic carboxylic acids is 1. The summed E-state index contributed by atoms with van der Waals surface area (Å²) in [5.74, 6) is 1.44. The number of fused-ring (bicyclic) bond motifs is 3. The SMILES string of the molecule is CC(C)(C)OC(=O)N1CC(CC(=O)O)C1.C[C@H]1C[C@@H](N)CN(c2ccc(C#N)c3nccnc23)C1.C[C@H]1C[C@@H](NC(=O)CC2CN(C(=O)OC(C)(C)C)C2)CN(c2ccc(C#N)c3nccnc23)C1.C[C@H]1C[C@@H](NC(=O)CC2CNC2)CN(c2ccc(C#N)c3nccnc23)C1. The minimum atomic E-state index is -0.816. The van der Waals surface area contributed by atoms with Crippen LogP contribution < -0.4 is 36.4 Å². The number of aromatic nitrogens is 6. The number of hydrogen-bond acceptors (Lipinski definition) is 21. The zero-order chi connectivity index (χ0) is 69.0. The van der Waals surface area contributed by atoms with E-state index >= 15 is 0 Å². The fraction of sp³-hybridized carbons (Fsp3) is 0.543. The first-order valence-corrected chi connectivity index (χ1v) is 33.1. The number of carboxylic acid groups (broad SMARTS) is 1. The maximum Gasteiger partial charge on any atom is 0.410 e. The number of piperidine rings is 3. The number of nitriles is 3. The second-order valence-corrected chi connectivity index (χ2v) is 28.6. The van der Waals surface area contributed by atoms with Crippen LogP contribution in [0.4, 0.5) is 26.7 Å². The second kappa shape index (κ2) is 31.3. The summed E-state index contributed by atoms with van der Waals surface area (Å²) in [7, 11) is 0. The lowest BCUT2D eigenvalue weighted by atomic mass is 9.93. The first-order chi connectivity index (χ1) is 45.7. The molecule has 4 amide bonds. The maximum atomic E-state index is 12.7. The van der Waals surface area contributed by atoms with E-state index < -0.39 is 17.2 Å². The summed E-state index contributed by atoms with van der Waals surface area (Å²) >= 11 is 0. The number of hydrogen-bond donors (Lipinski definition) is 5.